The lowest BCUT2D eigenvalue weighted by atomic mass is 10.0. The second kappa shape index (κ2) is 4.19. The van der Waals surface area contributed by atoms with Crippen molar-refractivity contribution in [3.63, 3.8) is 0 Å². The van der Waals surface area contributed by atoms with Gasteiger partial charge in [-0.05, 0) is 48.9 Å². The van der Waals surface area contributed by atoms with Gasteiger partial charge in [-0.25, -0.2) is 4.39 Å². The number of hydrogen-bond donors (Lipinski definition) is 1. The van der Waals surface area contributed by atoms with E-state index in [-0.39, 0.29) is 11.9 Å². The predicted molar refractivity (Wildman–Crippen MR) is 57.4 cm³/mol. The van der Waals surface area contributed by atoms with E-state index in [0.717, 1.165) is 11.3 Å². The van der Waals surface area contributed by atoms with E-state index in [1.54, 1.807) is 13.2 Å². The van der Waals surface area contributed by atoms with Crippen molar-refractivity contribution < 1.29 is 9.13 Å². The molecule has 0 heterocycles. The highest BCUT2D eigenvalue weighted by molar-refractivity contribution is 5.34. The van der Waals surface area contributed by atoms with Gasteiger partial charge < -0.3 is 10.5 Å². The Balaban J connectivity index is 2.13. The van der Waals surface area contributed by atoms with Gasteiger partial charge in [-0.1, -0.05) is 0 Å². The smallest absolute Gasteiger partial charge is 0.123 e. The summed E-state index contributed by atoms with van der Waals surface area (Å²) in [5, 5.41) is 0. The lowest BCUT2D eigenvalue weighted by molar-refractivity contribution is 0.405. The maximum absolute atomic E-state index is 13.1. The summed E-state index contributed by atoms with van der Waals surface area (Å²) in [6.45, 7) is 0. The summed E-state index contributed by atoms with van der Waals surface area (Å²) in [6, 6.07) is 4.72. The molecule has 1 unspecified atom stereocenters. The lowest BCUT2D eigenvalue weighted by Gasteiger charge is -2.13. The van der Waals surface area contributed by atoms with Gasteiger partial charge in [-0.2, -0.15) is 0 Å². The average Bonchev–Trinajstić information content (AvgIpc) is 3.01. The molecular weight excluding hydrogens is 193 g/mol. The van der Waals surface area contributed by atoms with E-state index in [1.165, 1.54) is 25.0 Å². The highest BCUT2D eigenvalue weighted by Gasteiger charge is 2.29. The van der Waals surface area contributed by atoms with Crippen molar-refractivity contribution >= 4 is 0 Å². The first-order valence-corrected chi connectivity index (χ1v) is 5.28. The van der Waals surface area contributed by atoms with E-state index < -0.39 is 0 Å². The minimum absolute atomic E-state index is 0.140. The first kappa shape index (κ1) is 10.4. The fourth-order valence-corrected chi connectivity index (χ4v) is 1.85. The molecule has 15 heavy (non-hydrogen) atoms. The molecule has 1 fully saturated rings. The Morgan fingerprint density at radius 1 is 1.53 bits per heavy atom. The molecule has 1 aromatic carbocycles. The third kappa shape index (κ3) is 2.48. The SMILES string of the molecule is COc1ccc(F)cc1CC(N)C1CC1. The van der Waals surface area contributed by atoms with Gasteiger partial charge in [0.2, 0.25) is 0 Å². The van der Waals surface area contributed by atoms with Crippen molar-refractivity contribution in [3.8, 4) is 5.75 Å². The third-order valence-corrected chi connectivity index (χ3v) is 2.93. The summed E-state index contributed by atoms with van der Waals surface area (Å²) >= 11 is 0. The van der Waals surface area contributed by atoms with E-state index in [1.807, 2.05) is 0 Å². The number of nitrogens with two attached hydrogens (primary N) is 1. The number of halogens is 1. The maximum atomic E-state index is 13.1. The van der Waals surface area contributed by atoms with Crippen LogP contribution in [0.4, 0.5) is 4.39 Å². The minimum Gasteiger partial charge on any atom is -0.496 e. The molecule has 0 bridgehead atoms. The van der Waals surface area contributed by atoms with Crippen LogP contribution >= 0.6 is 0 Å². The van der Waals surface area contributed by atoms with Gasteiger partial charge in [-0.3, -0.25) is 0 Å². The van der Waals surface area contributed by atoms with Crippen molar-refractivity contribution in [2.24, 2.45) is 11.7 Å². The van der Waals surface area contributed by atoms with E-state index >= 15 is 0 Å². The molecule has 2 N–H and O–H groups in total. The molecule has 1 atom stereocenters. The second-order valence-electron chi connectivity index (χ2n) is 4.16. The molecule has 1 aliphatic carbocycles. The van der Waals surface area contributed by atoms with Gasteiger partial charge in [0.25, 0.3) is 0 Å². The van der Waals surface area contributed by atoms with Crippen LogP contribution in [0.3, 0.4) is 0 Å². The monoisotopic (exact) mass is 209 g/mol. The van der Waals surface area contributed by atoms with Crippen molar-refractivity contribution in [3.05, 3.63) is 29.6 Å². The number of methoxy groups -OCH3 is 1. The van der Waals surface area contributed by atoms with Crippen LogP contribution in [-0.2, 0) is 6.42 Å². The summed E-state index contributed by atoms with van der Waals surface area (Å²) in [5.41, 5.74) is 6.88. The van der Waals surface area contributed by atoms with Crippen molar-refractivity contribution in [2.75, 3.05) is 7.11 Å². The Hall–Kier alpha value is -1.09. The van der Waals surface area contributed by atoms with Gasteiger partial charge in [0.15, 0.2) is 0 Å². The largest absolute Gasteiger partial charge is 0.496 e. The van der Waals surface area contributed by atoms with Crippen LogP contribution in [0.15, 0.2) is 18.2 Å². The highest BCUT2D eigenvalue weighted by atomic mass is 19.1. The van der Waals surface area contributed by atoms with E-state index in [2.05, 4.69) is 0 Å². The van der Waals surface area contributed by atoms with Gasteiger partial charge in [0.1, 0.15) is 11.6 Å². The van der Waals surface area contributed by atoms with Crippen molar-refractivity contribution in [1.29, 1.82) is 0 Å². The van der Waals surface area contributed by atoms with Crippen LogP contribution in [0.1, 0.15) is 18.4 Å². The molecule has 0 spiro atoms. The molecular formula is C12H16FNO. The zero-order chi connectivity index (χ0) is 10.8. The maximum Gasteiger partial charge on any atom is 0.123 e. The van der Waals surface area contributed by atoms with Crippen LogP contribution in [-0.4, -0.2) is 13.2 Å². The molecule has 2 nitrogen and oxygen atoms in total. The number of rotatable bonds is 4. The first-order valence-electron chi connectivity index (χ1n) is 5.28. The van der Waals surface area contributed by atoms with Crippen LogP contribution in [0.25, 0.3) is 0 Å². The number of benzene rings is 1. The van der Waals surface area contributed by atoms with Crippen LogP contribution in [0.2, 0.25) is 0 Å². The Labute approximate surface area is 89.2 Å². The molecule has 3 heteroatoms. The number of hydrogen-bond acceptors (Lipinski definition) is 2. The quantitative estimate of drug-likeness (QED) is 0.824. The molecule has 1 aliphatic rings. The summed E-state index contributed by atoms with van der Waals surface area (Å²) in [4.78, 5) is 0. The molecule has 0 aliphatic heterocycles. The second-order valence-corrected chi connectivity index (χ2v) is 4.16. The lowest BCUT2D eigenvalue weighted by Crippen LogP contribution is -2.25. The molecule has 0 radical (unpaired) electrons. The Bertz CT molecular complexity index is 349. The highest BCUT2D eigenvalue weighted by Crippen LogP contribution is 2.34. The average molecular weight is 209 g/mol. The summed E-state index contributed by atoms with van der Waals surface area (Å²) < 4.78 is 18.2. The standard InChI is InChI=1S/C12H16FNO/c1-15-12-5-4-10(13)6-9(12)7-11(14)8-2-3-8/h4-6,8,11H,2-3,7,14H2,1H3. The fraction of sp³-hybridized carbons (Fsp3) is 0.500. The molecule has 0 saturated heterocycles. The predicted octanol–water partition coefficient (Wildman–Crippen LogP) is 2.11. The van der Waals surface area contributed by atoms with Crippen LogP contribution in [0, 0.1) is 11.7 Å². The molecule has 1 saturated carbocycles. The normalized spacial score (nSPS) is 17.5. The van der Waals surface area contributed by atoms with Crippen LogP contribution < -0.4 is 10.5 Å². The van der Waals surface area contributed by atoms with Gasteiger partial charge >= 0.3 is 0 Å². The molecule has 1 aromatic rings. The van der Waals surface area contributed by atoms with Crippen molar-refractivity contribution in [1.82, 2.24) is 0 Å². The Morgan fingerprint density at radius 2 is 2.27 bits per heavy atom. The topological polar surface area (TPSA) is 35.2 Å². The zero-order valence-electron chi connectivity index (χ0n) is 8.87. The summed E-state index contributed by atoms with van der Waals surface area (Å²) in [5.74, 6) is 1.12. The van der Waals surface area contributed by atoms with Gasteiger partial charge in [-0.15, -0.1) is 0 Å². The molecule has 0 amide bonds. The molecule has 82 valence electrons. The number of ether oxygens (including phenoxy) is 1. The van der Waals surface area contributed by atoms with Gasteiger partial charge in [0.05, 0.1) is 7.11 Å². The zero-order valence-corrected chi connectivity index (χ0v) is 8.87. The summed E-state index contributed by atoms with van der Waals surface area (Å²) in [6.07, 6.45) is 3.11. The summed E-state index contributed by atoms with van der Waals surface area (Å²) in [7, 11) is 1.60. The molecule has 0 aromatic heterocycles. The van der Waals surface area contributed by atoms with E-state index in [4.69, 9.17) is 10.5 Å². The molecule has 2 rings (SSSR count). The first-order chi connectivity index (χ1) is 7.20. The fourth-order valence-electron chi connectivity index (χ4n) is 1.85. The Kier molecular flexibility index (Phi) is 2.91. The van der Waals surface area contributed by atoms with Crippen LogP contribution in [0.5, 0.6) is 5.75 Å². The minimum atomic E-state index is -0.228. The van der Waals surface area contributed by atoms with E-state index in [9.17, 15) is 4.39 Å². The van der Waals surface area contributed by atoms with Crippen molar-refractivity contribution in [2.45, 2.75) is 25.3 Å². The third-order valence-electron chi connectivity index (χ3n) is 2.93. The van der Waals surface area contributed by atoms with Gasteiger partial charge in [0, 0.05) is 6.04 Å². The Morgan fingerprint density at radius 3 is 2.87 bits per heavy atom. The van der Waals surface area contributed by atoms with E-state index in [0.29, 0.717) is 12.3 Å².